The number of hydrogen-bond acceptors (Lipinski definition) is 7. The largest absolute Gasteiger partial charge is 0.416 e. The average Bonchev–Trinajstić information content (AvgIpc) is 3.18. The van der Waals surface area contributed by atoms with Crippen LogP contribution in [-0.4, -0.2) is 34.9 Å². The molecule has 0 aliphatic heterocycles. The highest BCUT2D eigenvalue weighted by Gasteiger charge is 2.32. The van der Waals surface area contributed by atoms with Crippen molar-refractivity contribution in [3.8, 4) is 5.82 Å². The smallest absolute Gasteiger partial charge is 0.360 e. The molecule has 0 fully saturated rings. The predicted molar refractivity (Wildman–Crippen MR) is 101 cm³/mol. The third-order valence-electron chi connectivity index (χ3n) is 4.22. The van der Waals surface area contributed by atoms with E-state index in [2.05, 4.69) is 35.6 Å². The third-order valence-corrected chi connectivity index (χ3v) is 4.50. The zero-order valence-electron chi connectivity index (χ0n) is 15.1. The lowest BCUT2D eigenvalue weighted by atomic mass is 10.1. The minimum atomic E-state index is -4.58. The van der Waals surface area contributed by atoms with Crippen molar-refractivity contribution in [3.05, 3.63) is 63.7 Å². The summed E-state index contributed by atoms with van der Waals surface area (Å²) in [5.74, 6) is 0.842. The molecule has 2 N–H and O–H groups in total. The second-order valence-corrected chi connectivity index (χ2v) is 6.66. The van der Waals surface area contributed by atoms with E-state index < -0.39 is 17.8 Å². The Morgan fingerprint density at radius 3 is 2.67 bits per heavy atom. The molecular formula is C17H12ClF3N8O. The van der Waals surface area contributed by atoms with Gasteiger partial charge in [-0.25, -0.2) is 20.1 Å². The fourth-order valence-electron chi connectivity index (χ4n) is 2.85. The molecule has 4 rings (SSSR count). The van der Waals surface area contributed by atoms with Crippen molar-refractivity contribution in [3.63, 3.8) is 0 Å². The van der Waals surface area contributed by atoms with Crippen molar-refractivity contribution in [2.75, 3.05) is 5.32 Å². The van der Waals surface area contributed by atoms with Crippen molar-refractivity contribution in [2.45, 2.75) is 19.1 Å². The Morgan fingerprint density at radius 1 is 1.17 bits per heavy atom. The molecule has 1 aromatic carbocycles. The van der Waals surface area contributed by atoms with Crippen LogP contribution in [0, 0.1) is 0 Å². The van der Waals surface area contributed by atoms with Crippen LogP contribution in [0.2, 0.25) is 5.02 Å². The zero-order valence-corrected chi connectivity index (χ0v) is 15.9. The van der Waals surface area contributed by atoms with E-state index in [0.717, 1.165) is 12.1 Å². The van der Waals surface area contributed by atoms with Gasteiger partial charge >= 0.3 is 6.18 Å². The molecule has 30 heavy (non-hydrogen) atoms. The summed E-state index contributed by atoms with van der Waals surface area (Å²) in [6, 6.07) is 3.95. The molecule has 1 atom stereocenters. The van der Waals surface area contributed by atoms with Crippen molar-refractivity contribution in [1.82, 2.24) is 34.9 Å². The van der Waals surface area contributed by atoms with Gasteiger partial charge in [-0.2, -0.15) is 28.1 Å². The fourth-order valence-corrected chi connectivity index (χ4v) is 3.12. The Kier molecular flexibility index (Phi) is 4.86. The Morgan fingerprint density at radius 2 is 1.97 bits per heavy atom. The van der Waals surface area contributed by atoms with Crippen LogP contribution >= 0.6 is 11.6 Å². The number of alkyl halides is 3. The number of nitrogens with zero attached hydrogens (tertiary/aromatic N) is 6. The number of benzene rings is 1. The summed E-state index contributed by atoms with van der Waals surface area (Å²) < 4.78 is 41.0. The molecule has 4 aromatic rings. The molecule has 0 aliphatic rings. The summed E-state index contributed by atoms with van der Waals surface area (Å²) in [5.41, 5.74) is -1.11. The average molecular weight is 437 g/mol. The maximum Gasteiger partial charge on any atom is 0.416 e. The number of rotatable bonds is 4. The second kappa shape index (κ2) is 7.37. The molecule has 3 heterocycles. The van der Waals surface area contributed by atoms with Crippen molar-refractivity contribution in [2.24, 2.45) is 0 Å². The Hall–Kier alpha value is -3.54. The first-order chi connectivity index (χ1) is 14.2. The number of aromatic nitrogens is 7. The monoisotopic (exact) mass is 436 g/mol. The van der Waals surface area contributed by atoms with E-state index in [4.69, 9.17) is 11.6 Å². The van der Waals surface area contributed by atoms with Crippen LogP contribution in [-0.2, 0) is 6.18 Å². The van der Waals surface area contributed by atoms with Crippen LogP contribution in [0.25, 0.3) is 16.7 Å². The Balaban J connectivity index is 1.73. The quantitative estimate of drug-likeness (QED) is 0.505. The lowest BCUT2D eigenvalue weighted by Gasteiger charge is -2.17. The number of hydrogen-bond donors (Lipinski definition) is 2. The SMILES string of the molecule is C[C@H](Nc1ncnc2c(Cl)cc(C(F)(F)F)cc12)c1ncnn1-c1ccc(=O)[nH]n1. The van der Waals surface area contributed by atoms with Crippen LogP contribution in [0.3, 0.4) is 0 Å². The molecular weight excluding hydrogens is 425 g/mol. The van der Waals surface area contributed by atoms with Gasteiger partial charge in [-0.05, 0) is 25.1 Å². The first-order valence-electron chi connectivity index (χ1n) is 8.48. The van der Waals surface area contributed by atoms with E-state index in [1.807, 2.05) is 0 Å². The van der Waals surface area contributed by atoms with Gasteiger partial charge in [-0.3, -0.25) is 4.79 Å². The normalized spacial score (nSPS) is 12.8. The molecule has 3 aromatic heterocycles. The van der Waals surface area contributed by atoms with Crippen molar-refractivity contribution in [1.29, 1.82) is 0 Å². The van der Waals surface area contributed by atoms with Crippen LogP contribution in [0.1, 0.15) is 24.4 Å². The molecule has 0 amide bonds. The van der Waals surface area contributed by atoms with Crippen molar-refractivity contribution < 1.29 is 13.2 Å². The Labute approximate surface area is 171 Å². The van der Waals surface area contributed by atoms with Gasteiger partial charge < -0.3 is 5.32 Å². The van der Waals surface area contributed by atoms with E-state index >= 15 is 0 Å². The maximum atomic E-state index is 13.2. The zero-order chi connectivity index (χ0) is 21.5. The summed E-state index contributed by atoms with van der Waals surface area (Å²) in [6.45, 7) is 1.72. The van der Waals surface area contributed by atoms with Gasteiger partial charge in [-0.15, -0.1) is 0 Å². The summed E-state index contributed by atoms with van der Waals surface area (Å²) in [6.07, 6.45) is -2.09. The van der Waals surface area contributed by atoms with Gasteiger partial charge in [0.25, 0.3) is 5.56 Å². The van der Waals surface area contributed by atoms with Crippen LogP contribution < -0.4 is 10.9 Å². The topological polar surface area (TPSA) is 114 Å². The molecule has 0 spiro atoms. The molecule has 0 aliphatic carbocycles. The van der Waals surface area contributed by atoms with Gasteiger partial charge in [-0.1, -0.05) is 11.6 Å². The molecule has 0 saturated carbocycles. The lowest BCUT2D eigenvalue weighted by molar-refractivity contribution is -0.137. The van der Waals surface area contributed by atoms with Crippen LogP contribution in [0.5, 0.6) is 0 Å². The van der Waals surface area contributed by atoms with Gasteiger partial charge in [0.1, 0.15) is 18.5 Å². The van der Waals surface area contributed by atoms with Gasteiger partial charge in [0, 0.05) is 11.5 Å². The van der Waals surface area contributed by atoms with Crippen molar-refractivity contribution >= 4 is 28.3 Å². The molecule has 0 bridgehead atoms. The second-order valence-electron chi connectivity index (χ2n) is 6.25. The third kappa shape index (κ3) is 3.68. The van der Waals surface area contributed by atoms with Gasteiger partial charge in [0.15, 0.2) is 11.6 Å². The van der Waals surface area contributed by atoms with E-state index in [1.54, 1.807) is 6.92 Å². The molecule has 154 valence electrons. The number of H-pyrrole nitrogens is 1. The number of halogens is 4. The minimum Gasteiger partial charge on any atom is -0.360 e. The number of anilines is 1. The van der Waals surface area contributed by atoms with E-state index in [1.165, 1.54) is 29.5 Å². The first kappa shape index (κ1) is 19.8. The summed E-state index contributed by atoms with van der Waals surface area (Å²) in [7, 11) is 0. The molecule has 9 nitrogen and oxygen atoms in total. The molecule has 13 heteroatoms. The van der Waals surface area contributed by atoms with E-state index in [0.29, 0.717) is 11.6 Å². The lowest BCUT2D eigenvalue weighted by Crippen LogP contribution is -2.17. The fraction of sp³-hybridized carbons (Fsp3) is 0.176. The van der Waals surface area contributed by atoms with E-state index in [-0.39, 0.29) is 27.3 Å². The highest BCUT2D eigenvalue weighted by Crippen LogP contribution is 2.36. The van der Waals surface area contributed by atoms with Gasteiger partial charge in [0.2, 0.25) is 0 Å². The minimum absolute atomic E-state index is 0.109. The predicted octanol–water partition coefficient (Wildman–Crippen LogP) is 3.14. The van der Waals surface area contributed by atoms with Gasteiger partial charge in [0.05, 0.1) is 22.1 Å². The highest BCUT2D eigenvalue weighted by atomic mass is 35.5. The number of nitrogens with one attached hydrogen (secondary N) is 2. The first-order valence-corrected chi connectivity index (χ1v) is 8.86. The molecule has 0 radical (unpaired) electrons. The summed E-state index contributed by atoms with van der Waals surface area (Å²) >= 11 is 6.01. The molecule has 0 unspecified atom stereocenters. The van der Waals surface area contributed by atoms with E-state index in [9.17, 15) is 18.0 Å². The number of fused-ring (bicyclic) bond motifs is 1. The maximum absolute atomic E-state index is 13.2. The highest BCUT2D eigenvalue weighted by molar-refractivity contribution is 6.35. The summed E-state index contributed by atoms with van der Waals surface area (Å²) in [4.78, 5) is 23.4. The Bertz CT molecular complexity index is 1270. The standard InChI is InChI=1S/C17H12ClF3N8O/c1-8(16-24-7-25-29(16)12-2-3-13(30)28-27-12)26-15-10-4-9(17(19,20)21)5-11(18)14(10)22-6-23-15/h2-8H,1H3,(H,28,30)(H,22,23,26)/t8-/m0/s1. The molecule has 0 saturated heterocycles. The summed E-state index contributed by atoms with van der Waals surface area (Å²) in [5, 5.41) is 13.3. The van der Waals surface area contributed by atoms with Crippen LogP contribution in [0.15, 0.2) is 41.7 Å². The van der Waals surface area contributed by atoms with Crippen LogP contribution in [0.4, 0.5) is 19.0 Å². The number of aromatic amines is 1.